The highest BCUT2D eigenvalue weighted by atomic mass is 16.2. The van der Waals surface area contributed by atoms with Gasteiger partial charge in [-0.15, -0.1) is 0 Å². The summed E-state index contributed by atoms with van der Waals surface area (Å²) < 4.78 is 0. The molecule has 1 aliphatic rings. The lowest BCUT2D eigenvalue weighted by Gasteiger charge is -2.22. The second kappa shape index (κ2) is 7.65. The molecule has 1 fully saturated rings. The summed E-state index contributed by atoms with van der Waals surface area (Å²) in [6.45, 7) is 2.97. The number of nitrogens with one attached hydrogen (secondary N) is 2. The maximum Gasteiger partial charge on any atom is 0.220 e. The van der Waals surface area contributed by atoms with E-state index in [1.807, 2.05) is 0 Å². The molecule has 0 aliphatic carbocycles. The molecular weight excluding hydrogens is 192 g/mol. The van der Waals surface area contributed by atoms with E-state index in [0.29, 0.717) is 18.9 Å². The van der Waals surface area contributed by atoms with Gasteiger partial charge in [0.1, 0.15) is 0 Å². The summed E-state index contributed by atoms with van der Waals surface area (Å²) in [5.74, 6) is 0.665. The first-order valence-electron chi connectivity index (χ1n) is 5.91. The van der Waals surface area contributed by atoms with Crippen LogP contribution in [0.25, 0.3) is 0 Å². The molecule has 0 aromatic carbocycles. The quantitative estimate of drug-likeness (QED) is 0.556. The number of carbonyl (C=O) groups excluding carboxylic acids is 1. The van der Waals surface area contributed by atoms with Crippen molar-refractivity contribution in [2.24, 2.45) is 5.92 Å². The van der Waals surface area contributed by atoms with E-state index in [1.54, 1.807) is 0 Å². The van der Waals surface area contributed by atoms with Crippen molar-refractivity contribution in [3.63, 3.8) is 0 Å². The van der Waals surface area contributed by atoms with Crippen LogP contribution in [0, 0.1) is 5.92 Å². The fraction of sp³-hybridized carbons (Fsp3) is 0.909. The lowest BCUT2D eigenvalue weighted by Crippen LogP contribution is -2.34. The van der Waals surface area contributed by atoms with Crippen LogP contribution in [0.3, 0.4) is 0 Å². The van der Waals surface area contributed by atoms with Crippen LogP contribution in [-0.4, -0.2) is 37.3 Å². The number of piperidine rings is 1. The summed E-state index contributed by atoms with van der Waals surface area (Å²) in [7, 11) is 0. The van der Waals surface area contributed by atoms with Crippen LogP contribution in [0.2, 0.25) is 0 Å². The lowest BCUT2D eigenvalue weighted by molar-refractivity contribution is -0.122. The molecule has 1 amide bonds. The number of aliphatic hydroxyl groups excluding tert-OH is 1. The van der Waals surface area contributed by atoms with Crippen molar-refractivity contribution in [2.75, 3.05) is 26.2 Å². The minimum atomic E-state index is 0.154. The van der Waals surface area contributed by atoms with Crippen LogP contribution in [-0.2, 0) is 4.79 Å². The first-order valence-corrected chi connectivity index (χ1v) is 5.91. The molecular formula is C11H22N2O2. The zero-order valence-corrected chi connectivity index (χ0v) is 9.30. The molecule has 4 heteroatoms. The minimum Gasteiger partial charge on any atom is -0.396 e. The summed E-state index contributed by atoms with van der Waals surface area (Å²) in [5.41, 5.74) is 0. The third kappa shape index (κ3) is 5.74. The molecule has 0 saturated carbocycles. The van der Waals surface area contributed by atoms with Gasteiger partial charge in [-0.2, -0.15) is 0 Å². The number of hydrogen-bond acceptors (Lipinski definition) is 3. The molecule has 1 aliphatic heterocycles. The molecule has 0 radical (unpaired) electrons. The van der Waals surface area contributed by atoms with Gasteiger partial charge in [0.05, 0.1) is 0 Å². The summed E-state index contributed by atoms with van der Waals surface area (Å²) in [6.07, 6.45) is 4.63. The number of aliphatic hydroxyl groups is 1. The van der Waals surface area contributed by atoms with Gasteiger partial charge in [0.15, 0.2) is 0 Å². The smallest absolute Gasteiger partial charge is 0.220 e. The summed E-state index contributed by atoms with van der Waals surface area (Å²) in [4.78, 5) is 11.5. The fourth-order valence-corrected chi connectivity index (χ4v) is 1.90. The Balaban J connectivity index is 2.01. The average molecular weight is 214 g/mol. The second-order valence-corrected chi connectivity index (χ2v) is 4.20. The maximum absolute atomic E-state index is 11.5. The molecule has 0 bridgehead atoms. The number of carbonyl (C=O) groups is 1. The molecule has 0 aromatic rings. The molecule has 1 atom stereocenters. The van der Waals surface area contributed by atoms with E-state index in [-0.39, 0.29) is 12.5 Å². The molecule has 3 N–H and O–H groups in total. The van der Waals surface area contributed by atoms with E-state index in [9.17, 15) is 4.79 Å². The Morgan fingerprint density at radius 1 is 1.47 bits per heavy atom. The molecule has 1 saturated heterocycles. The summed E-state index contributed by atoms with van der Waals surface area (Å²) in [5, 5.41) is 14.8. The van der Waals surface area contributed by atoms with Crippen LogP contribution >= 0.6 is 0 Å². The Morgan fingerprint density at radius 3 is 3.00 bits per heavy atom. The standard InChI is InChI=1S/C11H22N2O2/c14-7-2-1-6-13-11(15)8-10-4-3-5-12-9-10/h10,12,14H,1-9H2,(H,13,15). The van der Waals surface area contributed by atoms with Gasteiger partial charge in [-0.3, -0.25) is 4.79 Å². The van der Waals surface area contributed by atoms with E-state index in [4.69, 9.17) is 5.11 Å². The molecule has 15 heavy (non-hydrogen) atoms. The molecule has 1 rings (SSSR count). The molecule has 0 spiro atoms. The normalized spacial score (nSPS) is 21.3. The van der Waals surface area contributed by atoms with Crippen molar-refractivity contribution in [3.8, 4) is 0 Å². The van der Waals surface area contributed by atoms with Gasteiger partial charge in [-0.25, -0.2) is 0 Å². The Labute approximate surface area is 91.4 Å². The van der Waals surface area contributed by atoms with Crippen LogP contribution in [0.1, 0.15) is 32.1 Å². The molecule has 1 heterocycles. The molecule has 0 aromatic heterocycles. The average Bonchev–Trinajstić information content (AvgIpc) is 2.26. The van der Waals surface area contributed by atoms with Gasteiger partial charge in [-0.05, 0) is 44.7 Å². The summed E-state index contributed by atoms with van der Waals surface area (Å²) >= 11 is 0. The predicted molar refractivity (Wildman–Crippen MR) is 59.5 cm³/mol. The topological polar surface area (TPSA) is 61.4 Å². The zero-order valence-electron chi connectivity index (χ0n) is 9.30. The Kier molecular flexibility index (Phi) is 6.36. The minimum absolute atomic E-state index is 0.154. The van der Waals surface area contributed by atoms with E-state index < -0.39 is 0 Å². The number of rotatable bonds is 6. The van der Waals surface area contributed by atoms with Crippen molar-refractivity contribution in [2.45, 2.75) is 32.1 Å². The highest BCUT2D eigenvalue weighted by Gasteiger charge is 2.15. The predicted octanol–water partition coefficient (Wildman–Crippen LogP) is 0.265. The van der Waals surface area contributed by atoms with Gasteiger partial charge in [0.25, 0.3) is 0 Å². The highest BCUT2D eigenvalue weighted by molar-refractivity contribution is 5.76. The van der Waals surface area contributed by atoms with Gasteiger partial charge in [0, 0.05) is 19.6 Å². The van der Waals surface area contributed by atoms with Crippen LogP contribution in [0.4, 0.5) is 0 Å². The summed E-state index contributed by atoms with van der Waals surface area (Å²) in [6, 6.07) is 0. The third-order valence-corrected chi connectivity index (χ3v) is 2.78. The van der Waals surface area contributed by atoms with Gasteiger partial charge < -0.3 is 15.7 Å². The number of hydrogen-bond donors (Lipinski definition) is 3. The van der Waals surface area contributed by atoms with E-state index >= 15 is 0 Å². The van der Waals surface area contributed by atoms with E-state index in [0.717, 1.165) is 32.4 Å². The monoisotopic (exact) mass is 214 g/mol. The third-order valence-electron chi connectivity index (χ3n) is 2.78. The van der Waals surface area contributed by atoms with E-state index in [1.165, 1.54) is 6.42 Å². The Morgan fingerprint density at radius 2 is 2.33 bits per heavy atom. The number of unbranched alkanes of at least 4 members (excludes halogenated alkanes) is 1. The van der Waals surface area contributed by atoms with Crippen molar-refractivity contribution in [1.82, 2.24) is 10.6 Å². The van der Waals surface area contributed by atoms with Crippen molar-refractivity contribution < 1.29 is 9.90 Å². The molecule has 88 valence electrons. The van der Waals surface area contributed by atoms with E-state index in [2.05, 4.69) is 10.6 Å². The highest BCUT2D eigenvalue weighted by Crippen LogP contribution is 2.13. The van der Waals surface area contributed by atoms with Gasteiger partial charge >= 0.3 is 0 Å². The molecule has 1 unspecified atom stereocenters. The maximum atomic E-state index is 11.5. The Hall–Kier alpha value is -0.610. The SMILES string of the molecule is O=C(CC1CCCNC1)NCCCCO. The van der Waals surface area contributed by atoms with Crippen molar-refractivity contribution in [3.05, 3.63) is 0 Å². The fourth-order valence-electron chi connectivity index (χ4n) is 1.90. The number of amides is 1. The van der Waals surface area contributed by atoms with Crippen LogP contribution in [0.5, 0.6) is 0 Å². The molecule has 4 nitrogen and oxygen atoms in total. The first-order chi connectivity index (χ1) is 7.33. The lowest BCUT2D eigenvalue weighted by atomic mass is 9.96. The van der Waals surface area contributed by atoms with Crippen molar-refractivity contribution in [1.29, 1.82) is 0 Å². The van der Waals surface area contributed by atoms with Gasteiger partial charge in [0.2, 0.25) is 5.91 Å². The van der Waals surface area contributed by atoms with Gasteiger partial charge in [-0.1, -0.05) is 0 Å². The zero-order chi connectivity index (χ0) is 10.9. The van der Waals surface area contributed by atoms with Crippen LogP contribution < -0.4 is 10.6 Å². The van der Waals surface area contributed by atoms with Crippen molar-refractivity contribution >= 4 is 5.91 Å². The second-order valence-electron chi connectivity index (χ2n) is 4.20. The largest absolute Gasteiger partial charge is 0.396 e. The Bertz CT molecular complexity index is 179. The first kappa shape index (κ1) is 12.5. The van der Waals surface area contributed by atoms with Crippen LogP contribution in [0.15, 0.2) is 0 Å².